The maximum atomic E-state index is 12.0. The van der Waals surface area contributed by atoms with E-state index >= 15 is 0 Å². The van der Waals surface area contributed by atoms with Gasteiger partial charge in [0.25, 0.3) is 0 Å². The van der Waals surface area contributed by atoms with Gasteiger partial charge in [-0.15, -0.1) is 0 Å². The molecule has 0 unspecified atom stereocenters. The van der Waals surface area contributed by atoms with Gasteiger partial charge in [0.2, 0.25) is 0 Å². The maximum Gasteiger partial charge on any atom is 0.411 e. The summed E-state index contributed by atoms with van der Waals surface area (Å²) in [5.41, 5.74) is -0.508. The summed E-state index contributed by atoms with van der Waals surface area (Å²) in [5.74, 6) is -0.376. The van der Waals surface area contributed by atoms with Crippen LogP contribution in [-0.2, 0) is 14.3 Å². The zero-order valence-corrected chi connectivity index (χ0v) is 13.0. The van der Waals surface area contributed by atoms with E-state index in [0.29, 0.717) is 6.61 Å². The third kappa shape index (κ3) is 4.87. The molecule has 1 saturated heterocycles. The van der Waals surface area contributed by atoms with Crippen LogP contribution in [0.1, 0.15) is 47.5 Å². The molecule has 1 amide bonds. The molecule has 1 aliphatic rings. The molecule has 0 N–H and O–H groups in total. The molecule has 20 heavy (non-hydrogen) atoms. The molecule has 114 valence electrons. The van der Waals surface area contributed by atoms with Crippen molar-refractivity contribution in [3.63, 3.8) is 0 Å². The van der Waals surface area contributed by atoms with Gasteiger partial charge in [0.15, 0.2) is 0 Å². The Morgan fingerprint density at radius 2 is 1.90 bits per heavy atom. The van der Waals surface area contributed by atoms with E-state index in [1.807, 2.05) is 20.8 Å². The minimum atomic E-state index is -0.508. The second kappa shape index (κ2) is 6.77. The first-order valence-electron chi connectivity index (χ1n) is 7.16. The number of hydrogen-bond acceptors (Lipinski definition) is 4. The lowest BCUT2D eigenvalue weighted by Crippen LogP contribution is -2.28. The van der Waals surface area contributed by atoms with E-state index in [4.69, 9.17) is 9.47 Å². The average Bonchev–Trinajstić information content (AvgIpc) is 2.98. The van der Waals surface area contributed by atoms with E-state index in [1.54, 1.807) is 17.9 Å². The quantitative estimate of drug-likeness (QED) is 0.442. The molecular formula is C15H25NO4. The molecule has 0 spiro atoms. The predicted octanol–water partition coefficient (Wildman–Crippen LogP) is 2.89. The standard InChI is InChI=1S/C15H25NO4/c1-6-8-11-12(9-10-13(17)19-7-2)16(11)14(18)20-15(3,4)5/h9-12H,6-8H2,1-5H3/b10-9+/t11-,12-,16?/m1/s1. The Morgan fingerprint density at radius 3 is 2.40 bits per heavy atom. The molecule has 0 aromatic rings. The highest BCUT2D eigenvalue weighted by Gasteiger charge is 2.50. The number of amides is 1. The largest absolute Gasteiger partial charge is 0.463 e. The van der Waals surface area contributed by atoms with Crippen LogP contribution >= 0.6 is 0 Å². The van der Waals surface area contributed by atoms with E-state index in [1.165, 1.54) is 6.08 Å². The summed E-state index contributed by atoms with van der Waals surface area (Å²) in [6.45, 7) is 9.70. The summed E-state index contributed by atoms with van der Waals surface area (Å²) in [6.07, 6.45) is 4.67. The first kappa shape index (κ1) is 16.5. The Labute approximate surface area is 120 Å². The zero-order chi connectivity index (χ0) is 15.3. The zero-order valence-electron chi connectivity index (χ0n) is 13.0. The minimum Gasteiger partial charge on any atom is -0.463 e. The number of nitrogens with zero attached hydrogens (tertiary/aromatic N) is 1. The highest BCUT2D eigenvalue weighted by Crippen LogP contribution is 2.34. The molecule has 0 saturated carbocycles. The molecule has 1 fully saturated rings. The molecule has 5 nitrogen and oxygen atoms in total. The lowest BCUT2D eigenvalue weighted by Gasteiger charge is -2.20. The minimum absolute atomic E-state index is 0.0609. The van der Waals surface area contributed by atoms with Crippen molar-refractivity contribution in [3.05, 3.63) is 12.2 Å². The van der Waals surface area contributed by atoms with Gasteiger partial charge in [-0.2, -0.15) is 0 Å². The van der Waals surface area contributed by atoms with Crippen LogP contribution in [0.15, 0.2) is 12.2 Å². The summed E-state index contributed by atoms with van der Waals surface area (Å²) >= 11 is 0. The third-order valence-electron chi connectivity index (χ3n) is 2.89. The first-order valence-corrected chi connectivity index (χ1v) is 7.16. The Kier molecular flexibility index (Phi) is 5.60. The van der Waals surface area contributed by atoms with Gasteiger partial charge in [-0.05, 0) is 34.1 Å². The highest BCUT2D eigenvalue weighted by atomic mass is 16.6. The molecule has 0 aliphatic carbocycles. The summed E-state index contributed by atoms with van der Waals surface area (Å²) < 4.78 is 10.2. The van der Waals surface area contributed by atoms with Crippen molar-refractivity contribution >= 4 is 12.1 Å². The Hall–Kier alpha value is -1.52. The molecule has 1 heterocycles. The van der Waals surface area contributed by atoms with E-state index in [2.05, 4.69) is 6.92 Å². The first-order chi connectivity index (χ1) is 9.30. The summed E-state index contributed by atoms with van der Waals surface area (Å²) in [6, 6.07) is 0.0646. The van der Waals surface area contributed by atoms with Crippen molar-refractivity contribution in [2.24, 2.45) is 0 Å². The summed E-state index contributed by atoms with van der Waals surface area (Å²) in [7, 11) is 0. The molecule has 0 aromatic carbocycles. The van der Waals surface area contributed by atoms with Crippen LogP contribution < -0.4 is 0 Å². The van der Waals surface area contributed by atoms with Crippen LogP contribution in [-0.4, -0.2) is 41.3 Å². The average molecular weight is 283 g/mol. The van der Waals surface area contributed by atoms with Crippen LogP contribution in [0, 0.1) is 0 Å². The van der Waals surface area contributed by atoms with Gasteiger partial charge in [0, 0.05) is 6.08 Å². The molecule has 2 atom stereocenters. The van der Waals surface area contributed by atoms with Crippen molar-refractivity contribution in [1.29, 1.82) is 0 Å². The Morgan fingerprint density at radius 1 is 1.25 bits per heavy atom. The van der Waals surface area contributed by atoms with E-state index in [-0.39, 0.29) is 24.1 Å². The maximum absolute atomic E-state index is 12.0. The van der Waals surface area contributed by atoms with Crippen LogP contribution in [0.2, 0.25) is 0 Å². The third-order valence-corrected chi connectivity index (χ3v) is 2.89. The predicted molar refractivity (Wildman–Crippen MR) is 76.3 cm³/mol. The normalized spacial score (nSPS) is 21.9. The van der Waals surface area contributed by atoms with Crippen molar-refractivity contribution in [1.82, 2.24) is 4.90 Å². The Bertz CT molecular complexity index is 384. The smallest absolute Gasteiger partial charge is 0.411 e. The molecule has 1 rings (SSSR count). The van der Waals surface area contributed by atoms with Gasteiger partial charge in [-0.25, -0.2) is 9.59 Å². The number of rotatable bonds is 5. The van der Waals surface area contributed by atoms with Gasteiger partial charge in [-0.1, -0.05) is 19.4 Å². The molecular weight excluding hydrogens is 258 g/mol. The highest BCUT2D eigenvalue weighted by molar-refractivity contribution is 5.82. The van der Waals surface area contributed by atoms with Crippen LogP contribution in [0.3, 0.4) is 0 Å². The summed E-state index contributed by atoms with van der Waals surface area (Å²) in [4.78, 5) is 25.0. The van der Waals surface area contributed by atoms with Crippen LogP contribution in [0.25, 0.3) is 0 Å². The van der Waals surface area contributed by atoms with Crippen LogP contribution in [0.4, 0.5) is 4.79 Å². The number of carbonyl (C=O) groups excluding carboxylic acids is 2. The van der Waals surface area contributed by atoms with E-state index in [9.17, 15) is 9.59 Å². The summed E-state index contributed by atoms with van der Waals surface area (Å²) in [5, 5.41) is 0. The van der Waals surface area contributed by atoms with Gasteiger partial charge in [0.05, 0.1) is 18.7 Å². The SMILES string of the molecule is CCC[C@@H]1[C@@H](/C=C/C(=O)OCC)N1C(=O)OC(C)(C)C. The number of hydrogen-bond donors (Lipinski definition) is 0. The molecule has 0 radical (unpaired) electrons. The fourth-order valence-corrected chi connectivity index (χ4v) is 2.07. The number of carbonyl (C=O) groups is 2. The fraction of sp³-hybridized carbons (Fsp3) is 0.733. The Balaban J connectivity index is 2.61. The van der Waals surface area contributed by atoms with Crippen LogP contribution in [0.5, 0.6) is 0 Å². The molecule has 0 bridgehead atoms. The van der Waals surface area contributed by atoms with Gasteiger partial charge in [-0.3, -0.25) is 4.90 Å². The monoisotopic (exact) mass is 283 g/mol. The fourth-order valence-electron chi connectivity index (χ4n) is 2.07. The topological polar surface area (TPSA) is 55.6 Å². The molecule has 5 heteroatoms. The van der Waals surface area contributed by atoms with E-state index < -0.39 is 5.60 Å². The van der Waals surface area contributed by atoms with E-state index in [0.717, 1.165) is 12.8 Å². The van der Waals surface area contributed by atoms with Crippen molar-refractivity contribution in [2.75, 3.05) is 6.61 Å². The molecule has 1 aliphatic heterocycles. The van der Waals surface area contributed by atoms with Gasteiger partial charge >= 0.3 is 12.1 Å². The van der Waals surface area contributed by atoms with Gasteiger partial charge < -0.3 is 9.47 Å². The second-order valence-corrected chi connectivity index (χ2v) is 5.85. The lowest BCUT2D eigenvalue weighted by molar-refractivity contribution is -0.137. The second-order valence-electron chi connectivity index (χ2n) is 5.85. The van der Waals surface area contributed by atoms with Crippen molar-refractivity contribution in [3.8, 4) is 0 Å². The lowest BCUT2D eigenvalue weighted by atomic mass is 10.2. The number of esters is 1. The van der Waals surface area contributed by atoms with Crippen molar-refractivity contribution < 1.29 is 19.1 Å². The van der Waals surface area contributed by atoms with Gasteiger partial charge in [0.1, 0.15) is 5.60 Å². The number of ether oxygens (including phenoxy) is 2. The molecule has 0 aromatic heterocycles. The van der Waals surface area contributed by atoms with Crippen molar-refractivity contribution in [2.45, 2.75) is 65.1 Å².